The summed E-state index contributed by atoms with van der Waals surface area (Å²) in [6.45, 7) is -0.101. The van der Waals surface area contributed by atoms with Gasteiger partial charge in [-0.15, -0.1) is 0 Å². The van der Waals surface area contributed by atoms with Crippen molar-refractivity contribution >= 4 is 17.2 Å². The van der Waals surface area contributed by atoms with Gasteiger partial charge in [-0.2, -0.15) is 0 Å². The number of hydrogen-bond donors (Lipinski definition) is 0. The van der Waals surface area contributed by atoms with Gasteiger partial charge < -0.3 is 14.0 Å². The van der Waals surface area contributed by atoms with E-state index in [1.807, 2.05) is 0 Å². The Balaban J connectivity index is 1.58. The molecule has 0 spiro atoms. The lowest BCUT2D eigenvalue weighted by Crippen LogP contribution is -2.47. The summed E-state index contributed by atoms with van der Waals surface area (Å²) in [7, 11) is 0. The van der Waals surface area contributed by atoms with E-state index in [-0.39, 0.29) is 18.1 Å². The second kappa shape index (κ2) is 6.29. The number of β-lactam (4-membered cyclic amide) rings is 1. The third kappa shape index (κ3) is 3.34. The maximum atomic E-state index is 14.5. The molecule has 4 rings (SSSR count). The summed E-state index contributed by atoms with van der Waals surface area (Å²) in [6.07, 6.45) is 5.38. The summed E-state index contributed by atoms with van der Waals surface area (Å²) in [6, 6.07) is 7.02. The quantitative estimate of drug-likeness (QED) is 0.634. The highest BCUT2D eigenvalue weighted by Crippen LogP contribution is 2.40. The van der Waals surface area contributed by atoms with Crippen LogP contribution < -0.4 is 9.64 Å². The van der Waals surface area contributed by atoms with Crippen molar-refractivity contribution in [3.8, 4) is 5.75 Å². The van der Waals surface area contributed by atoms with Crippen LogP contribution in [-0.2, 0) is 4.79 Å². The largest absolute Gasteiger partial charge is 0.487 e. The highest BCUT2D eigenvalue weighted by molar-refractivity contribution is 6.01. The molecule has 140 valence electrons. The molecule has 0 radical (unpaired) electrons. The van der Waals surface area contributed by atoms with Crippen LogP contribution in [-0.4, -0.2) is 27.8 Å². The smallest absolute Gasteiger partial charge is 0.278 e. The number of rotatable bonds is 5. The number of fused-ring (bicyclic) bond motifs is 1. The molecular formula is C19H16F3N3O2. The molecule has 1 atom stereocenters. The lowest BCUT2D eigenvalue weighted by molar-refractivity contribution is -0.124. The highest BCUT2D eigenvalue weighted by atomic mass is 19.3. The van der Waals surface area contributed by atoms with Gasteiger partial charge in [-0.05, 0) is 12.1 Å². The first-order valence-corrected chi connectivity index (χ1v) is 8.37. The number of aromatic nitrogens is 2. The molecule has 1 fully saturated rings. The van der Waals surface area contributed by atoms with E-state index in [4.69, 9.17) is 4.74 Å². The maximum Gasteiger partial charge on any atom is 0.278 e. The Bertz CT molecular complexity index is 1010. The Morgan fingerprint density at radius 1 is 1.26 bits per heavy atom. The third-order valence-electron chi connectivity index (χ3n) is 4.43. The summed E-state index contributed by atoms with van der Waals surface area (Å²) in [5.74, 6) is -3.70. The van der Waals surface area contributed by atoms with Crippen LogP contribution in [0.4, 0.5) is 18.9 Å². The fourth-order valence-corrected chi connectivity index (χ4v) is 3.12. The number of alkyl halides is 2. The van der Waals surface area contributed by atoms with E-state index in [2.05, 4.69) is 4.98 Å². The minimum absolute atomic E-state index is 0.0220. The average Bonchev–Trinajstić information content (AvgIpc) is 3.05. The van der Waals surface area contributed by atoms with Crippen LogP contribution in [0, 0.1) is 5.82 Å². The summed E-state index contributed by atoms with van der Waals surface area (Å²) < 4.78 is 47.0. The summed E-state index contributed by atoms with van der Waals surface area (Å²) in [5.41, 5.74) is 1.62. The van der Waals surface area contributed by atoms with Crippen molar-refractivity contribution < 1.29 is 22.7 Å². The number of carbonyl (C=O) groups excluding carboxylic acids is 1. The highest BCUT2D eigenvalue weighted by Gasteiger charge is 2.40. The van der Waals surface area contributed by atoms with Crippen molar-refractivity contribution in [3.05, 3.63) is 60.3 Å². The molecule has 5 nitrogen and oxygen atoms in total. The number of nitrogens with zero attached hydrogens (tertiary/aromatic N) is 3. The Kier molecular flexibility index (Phi) is 4.05. The lowest BCUT2D eigenvalue weighted by atomic mass is 9.92. The molecule has 1 aliphatic rings. The molecule has 1 saturated heterocycles. The van der Waals surface area contributed by atoms with Gasteiger partial charge in [0.25, 0.3) is 5.92 Å². The average molecular weight is 375 g/mol. The normalized spacial score (nSPS) is 17.3. The van der Waals surface area contributed by atoms with E-state index in [1.165, 1.54) is 17.0 Å². The second-order valence-electron chi connectivity index (χ2n) is 6.60. The molecule has 2 aromatic heterocycles. The number of ether oxygens (including phenoxy) is 1. The standard InChI is InChI=1S/C19H16F3N3O2/c1-19(21,22)11-27-13-2-3-14(15(20)9-13)16-10-18(26)25(16)12-4-6-24-7-5-23-17(24)8-12/h2-9,16H,10-11H2,1H3/t16-/m0/s1. The van der Waals surface area contributed by atoms with Crippen molar-refractivity contribution in [1.29, 1.82) is 0 Å². The van der Waals surface area contributed by atoms with Gasteiger partial charge in [0.15, 0.2) is 6.61 Å². The van der Waals surface area contributed by atoms with Gasteiger partial charge in [0.2, 0.25) is 5.91 Å². The van der Waals surface area contributed by atoms with E-state index < -0.39 is 24.4 Å². The minimum Gasteiger partial charge on any atom is -0.487 e. The fourth-order valence-electron chi connectivity index (χ4n) is 3.12. The van der Waals surface area contributed by atoms with Crippen molar-refractivity contribution in [3.63, 3.8) is 0 Å². The molecule has 1 aliphatic heterocycles. The van der Waals surface area contributed by atoms with Gasteiger partial charge in [-0.1, -0.05) is 6.07 Å². The van der Waals surface area contributed by atoms with Crippen LogP contribution >= 0.6 is 0 Å². The van der Waals surface area contributed by atoms with Crippen LogP contribution in [0.25, 0.3) is 5.65 Å². The van der Waals surface area contributed by atoms with E-state index in [0.717, 1.165) is 13.0 Å². The zero-order valence-corrected chi connectivity index (χ0v) is 14.4. The maximum absolute atomic E-state index is 14.5. The van der Waals surface area contributed by atoms with Gasteiger partial charge in [0, 0.05) is 48.9 Å². The SMILES string of the molecule is CC(F)(F)COc1ccc([C@@H]2CC(=O)N2c2ccn3ccnc3c2)c(F)c1. The van der Waals surface area contributed by atoms with Crippen LogP contribution in [0.15, 0.2) is 48.9 Å². The molecular weight excluding hydrogens is 359 g/mol. The first-order valence-electron chi connectivity index (χ1n) is 8.37. The Morgan fingerprint density at radius 3 is 2.78 bits per heavy atom. The molecule has 3 aromatic rings. The minimum atomic E-state index is -3.00. The summed E-state index contributed by atoms with van der Waals surface area (Å²) >= 11 is 0. The van der Waals surface area contributed by atoms with E-state index >= 15 is 0 Å². The fraction of sp³-hybridized carbons (Fsp3) is 0.263. The Labute approximate surface area is 153 Å². The second-order valence-corrected chi connectivity index (χ2v) is 6.60. The number of carbonyl (C=O) groups is 1. The number of hydrogen-bond acceptors (Lipinski definition) is 3. The molecule has 0 saturated carbocycles. The number of anilines is 1. The molecule has 1 amide bonds. The van der Waals surface area contributed by atoms with Gasteiger partial charge >= 0.3 is 0 Å². The van der Waals surface area contributed by atoms with Crippen LogP contribution in [0.2, 0.25) is 0 Å². The van der Waals surface area contributed by atoms with Crippen LogP contribution in [0.1, 0.15) is 24.9 Å². The Hall–Kier alpha value is -3.03. The van der Waals surface area contributed by atoms with E-state index in [0.29, 0.717) is 16.9 Å². The zero-order chi connectivity index (χ0) is 19.2. The number of amides is 1. The number of halogens is 3. The monoisotopic (exact) mass is 375 g/mol. The molecule has 0 aliphatic carbocycles. The molecule has 0 N–H and O–H groups in total. The number of pyridine rings is 1. The van der Waals surface area contributed by atoms with Crippen molar-refractivity contribution in [2.45, 2.75) is 25.3 Å². The first-order chi connectivity index (χ1) is 12.8. The topological polar surface area (TPSA) is 46.8 Å². The predicted octanol–water partition coefficient (Wildman–Crippen LogP) is 3.99. The van der Waals surface area contributed by atoms with Gasteiger partial charge in [-0.25, -0.2) is 18.2 Å². The molecule has 1 aromatic carbocycles. The van der Waals surface area contributed by atoms with Crippen LogP contribution in [0.3, 0.4) is 0 Å². The third-order valence-corrected chi connectivity index (χ3v) is 4.43. The van der Waals surface area contributed by atoms with Crippen LogP contribution in [0.5, 0.6) is 5.75 Å². The van der Waals surface area contributed by atoms with Crippen molar-refractivity contribution in [2.75, 3.05) is 11.5 Å². The van der Waals surface area contributed by atoms with Gasteiger partial charge in [0.05, 0.1) is 12.5 Å². The number of imidazole rings is 1. The Morgan fingerprint density at radius 2 is 2.07 bits per heavy atom. The van der Waals surface area contributed by atoms with Gasteiger partial charge in [-0.3, -0.25) is 4.79 Å². The van der Waals surface area contributed by atoms with E-state index in [9.17, 15) is 18.0 Å². The van der Waals surface area contributed by atoms with Gasteiger partial charge in [0.1, 0.15) is 17.2 Å². The summed E-state index contributed by atoms with van der Waals surface area (Å²) in [4.78, 5) is 17.8. The molecule has 3 heterocycles. The first kappa shape index (κ1) is 17.4. The zero-order valence-electron chi connectivity index (χ0n) is 14.4. The van der Waals surface area contributed by atoms with Crippen molar-refractivity contribution in [1.82, 2.24) is 9.38 Å². The predicted molar refractivity (Wildman–Crippen MR) is 92.6 cm³/mol. The molecule has 0 bridgehead atoms. The molecule has 27 heavy (non-hydrogen) atoms. The van der Waals surface area contributed by atoms with Crippen molar-refractivity contribution in [2.24, 2.45) is 0 Å². The van der Waals surface area contributed by atoms with E-state index in [1.54, 1.807) is 35.1 Å². The number of benzene rings is 1. The molecule has 8 heteroatoms. The molecule has 0 unspecified atom stereocenters. The summed E-state index contributed by atoms with van der Waals surface area (Å²) in [5, 5.41) is 0. The lowest BCUT2D eigenvalue weighted by Gasteiger charge is -2.40.